The van der Waals surface area contributed by atoms with Gasteiger partial charge >= 0.3 is 0 Å². The predicted octanol–water partition coefficient (Wildman–Crippen LogP) is 3.24. The minimum Gasteiger partial charge on any atom is -0.441 e. The number of anilines is 1. The number of hydrogen-bond acceptors (Lipinski definition) is 6. The molecule has 146 valence electrons. The van der Waals surface area contributed by atoms with Gasteiger partial charge in [-0.25, -0.2) is 14.1 Å². The molecule has 0 saturated heterocycles. The highest BCUT2D eigenvalue weighted by molar-refractivity contribution is 5.91. The maximum absolute atomic E-state index is 13.8. The van der Waals surface area contributed by atoms with Crippen LogP contribution in [-0.2, 0) is 18.3 Å². The number of tetrazole rings is 1. The van der Waals surface area contributed by atoms with Crippen LogP contribution in [0.1, 0.15) is 12.3 Å². The van der Waals surface area contributed by atoms with Crippen molar-refractivity contribution >= 4 is 11.6 Å². The van der Waals surface area contributed by atoms with Crippen LogP contribution >= 0.6 is 0 Å². The van der Waals surface area contributed by atoms with E-state index in [1.54, 1.807) is 42.1 Å². The molecule has 2 aromatic heterocycles. The fraction of sp³-hybridized carbons (Fsp3) is 0.150. The topological polar surface area (TPSA) is 98.7 Å². The van der Waals surface area contributed by atoms with Gasteiger partial charge in [0.15, 0.2) is 17.5 Å². The van der Waals surface area contributed by atoms with Gasteiger partial charge in [0.2, 0.25) is 5.91 Å². The molecule has 0 aliphatic heterocycles. The first kappa shape index (κ1) is 18.5. The summed E-state index contributed by atoms with van der Waals surface area (Å²) in [6.07, 6.45) is 1.93. The number of amides is 1. The Bertz CT molecular complexity index is 1150. The Morgan fingerprint density at radius 3 is 2.86 bits per heavy atom. The van der Waals surface area contributed by atoms with E-state index in [9.17, 15) is 9.18 Å². The van der Waals surface area contributed by atoms with Crippen molar-refractivity contribution in [3.05, 3.63) is 66.4 Å². The third-order valence-corrected chi connectivity index (χ3v) is 4.28. The number of aromatic nitrogens is 5. The van der Waals surface area contributed by atoms with E-state index in [-0.39, 0.29) is 18.1 Å². The van der Waals surface area contributed by atoms with Crippen LogP contribution < -0.4 is 5.32 Å². The SMILES string of the molecule is Cn1nnnc1-c1cccc(NC(=O)CCc2ncc(-c3ccccc3F)o2)c1. The fourth-order valence-corrected chi connectivity index (χ4v) is 2.87. The van der Waals surface area contributed by atoms with Crippen LogP contribution in [0, 0.1) is 5.82 Å². The Hall–Kier alpha value is -3.88. The molecule has 0 spiro atoms. The fourth-order valence-electron chi connectivity index (χ4n) is 2.87. The van der Waals surface area contributed by atoms with Gasteiger partial charge in [-0.2, -0.15) is 0 Å². The standard InChI is InChI=1S/C20H17FN6O2/c1-27-20(24-25-26-27)13-5-4-6-14(11-13)23-18(28)9-10-19-22-12-17(29-19)15-7-2-3-8-16(15)21/h2-8,11-12H,9-10H2,1H3,(H,23,28). The van der Waals surface area contributed by atoms with Crippen molar-refractivity contribution in [1.29, 1.82) is 0 Å². The van der Waals surface area contributed by atoms with Gasteiger partial charge < -0.3 is 9.73 Å². The van der Waals surface area contributed by atoms with Gasteiger partial charge in [0.25, 0.3) is 0 Å². The molecule has 2 aromatic carbocycles. The van der Waals surface area contributed by atoms with Gasteiger partial charge in [-0.05, 0) is 34.7 Å². The van der Waals surface area contributed by atoms with Gasteiger partial charge in [-0.3, -0.25) is 4.79 Å². The lowest BCUT2D eigenvalue weighted by Gasteiger charge is -2.06. The van der Waals surface area contributed by atoms with E-state index in [0.717, 1.165) is 5.56 Å². The lowest BCUT2D eigenvalue weighted by Crippen LogP contribution is -2.12. The van der Waals surface area contributed by atoms with Crippen molar-refractivity contribution in [3.8, 4) is 22.7 Å². The number of carbonyl (C=O) groups is 1. The highest BCUT2D eigenvalue weighted by Gasteiger charge is 2.12. The number of benzene rings is 2. The molecule has 0 bridgehead atoms. The molecule has 0 aliphatic rings. The van der Waals surface area contributed by atoms with Crippen molar-refractivity contribution in [2.45, 2.75) is 12.8 Å². The summed E-state index contributed by atoms with van der Waals surface area (Å²) in [5, 5.41) is 14.2. The van der Waals surface area contributed by atoms with Crippen molar-refractivity contribution < 1.29 is 13.6 Å². The zero-order chi connectivity index (χ0) is 20.2. The molecule has 0 aliphatic carbocycles. The highest BCUT2D eigenvalue weighted by atomic mass is 19.1. The third kappa shape index (κ3) is 4.18. The van der Waals surface area contributed by atoms with Crippen LogP contribution in [0.4, 0.5) is 10.1 Å². The van der Waals surface area contributed by atoms with Gasteiger partial charge in [0.1, 0.15) is 5.82 Å². The first-order valence-corrected chi connectivity index (χ1v) is 8.92. The molecule has 8 nitrogen and oxygen atoms in total. The van der Waals surface area contributed by atoms with Gasteiger partial charge in [-0.1, -0.05) is 24.3 Å². The minimum atomic E-state index is -0.383. The van der Waals surface area contributed by atoms with E-state index in [1.807, 2.05) is 12.1 Å². The summed E-state index contributed by atoms with van der Waals surface area (Å²) >= 11 is 0. The van der Waals surface area contributed by atoms with E-state index in [4.69, 9.17) is 4.42 Å². The second-order valence-electron chi connectivity index (χ2n) is 6.35. The first-order chi connectivity index (χ1) is 14.1. The molecule has 0 atom stereocenters. The number of oxazole rings is 1. The molecule has 4 aromatic rings. The average Bonchev–Trinajstić information content (AvgIpc) is 3.36. The second-order valence-corrected chi connectivity index (χ2v) is 6.35. The summed E-state index contributed by atoms with van der Waals surface area (Å²) in [6.45, 7) is 0. The van der Waals surface area contributed by atoms with E-state index >= 15 is 0 Å². The molecule has 9 heteroatoms. The molecule has 1 amide bonds. The van der Waals surface area contributed by atoms with Crippen LogP contribution in [0.15, 0.2) is 59.1 Å². The Balaban J connectivity index is 1.38. The van der Waals surface area contributed by atoms with Crippen molar-refractivity contribution in [1.82, 2.24) is 25.2 Å². The summed E-state index contributed by atoms with van der Waals surface area (Å²) in [5.41, 5.74) is 1.76. The van der Waals surface area contributed by atoms with Crippen molar-refractivity contribution in [2.75, 3.05) is 5.32 Å². The summed E-state index contributed by atoms with van der Waals surface area (Å²) < 4.78 is 21.0. The molecule has 29 heavy (non-hydrogen) atoms. The Morgan fingerprint density at radius 2 is 2.07 bits per heavy atom. The summed E-state index contributed by atoms with van der Waals surface area (Å²) in [5.74, 6) is 0.734. The number of aryl methyl sites for hydroxylation is 2. The maximum atomic E-state index is 13.8. The number of nitrogens with one attached hydrogen (secondary N) is 1. The molecule has 0 saturated carbocycles. The number of nitrogens with zero attached hydrogens (tertiary/aromatic N) is 5. The summed E-state index contributed by atoms with van der Waals surface area (Å²) in [6, 6.07) is 13.6. The van der Waals surface area contributed by atoms with Crippen LogP contribution in [0.3, 0.4) is 0 Å². The maximum Gasteiger partial charge on any atom is 0.224 e. The quantitative estimate of drug-likeness (QED) is 0.541. The second kappa shape index (κ2) is 8.01. The lowest BCUT2D eigenvalue weighted by atomic mass is 10.2. The van der Waals surface area contributed by atoms with Crippen molar-refractivity contribution in [3.63, 3.8) is 0 Å². The van der Waals surface area contributed by atoms with Gasteiger partial charge in [0.05, 0.1) is 11.8 Å². The number of rotatable bonds is 6. The molecule has 0 unspecified atom stereocenters. The van der Waals surface area contributed by atoms with Crippen LogP contribution in [0.25, 0.3) is 22.7 Å². The summed E-state index contributed by atoms with van der Waals surface area (Å²) in [4.78, 5) is 16.4. The molecular weight excluding hydrogens is 375 g/mol. The average molecular weight is 392 g/mol. The van der Waals surface area contributed by atoms with Crippen molar-refractivity contribution in [2.24, 2.45) is 7.05 Å². The number of carbonyl (C=O) groups excluding carboxylic acids is 1. The molecule has 2 heterocycles. The zero-order valence-corrected chi connectivity index (χ0v) is 15.5. The third-order valence-electron chi connectivity index (χ3n) is 4.28. The monoisotopic (exact) mass is 392 g/mol. The van der Waals surface area contributed by atoms with Gasteiger partial charge in [-0.15, -0.1) is 5.10 Å². The lowest BCUT2D eigenvalue weighted by molar-refractivity contribution is -0.116. The minimum absolute atomic E-state index is 0.174. The Morgan fingerprint density at radius 1 is 1.21 bits per heavy atom. The van der Waals surface area contributed by atoms with E-state index < -0.39 is 0 Å². The van der Waals surface area contributed by atoms with Crippen LogP contribution in [-0.4, -0.2) is 31.1 Å². The van der Waals surface area contributed by atoms with Crippen LogP contribution in [0.2, 0.25) is 0 Å². The number of halogens is 1. The normalized spacial score (nSPS) is 10.8. The van der Waals surface area contributed by atoms with E-state index in [2.05, 4.69) is 25.8 Å². The molecule has 4 rings (SSSR count). The zero-order valence-electron chi connectivity index (χ0n) is 15.5. The molecule has 1 N–H and O–H groups in total. The molecule has 0 fully saturated rings. The number of hydrogen-bond donors (Lipinski definition) is 1. The van der Waals surface area contributed by atoms with E-state index in [0.29, 0.717) is 35.1 Å². The first-order valence-electron chi connectivity index (χ1n) is 8.92. The van der Waals surface area contributed by atoms with Gasteiger partial charge in [0, 0.05) is 31.1 Å². The molecule has 0 radical (unpaired) electrons. The van der Waals surface area contributed by atoms with E-state index in [1.165, 1.54) is 12.3 Å². The summed E-state index contributed by atoms with van der Waals surface area (Å²) in [7, 11) is 1.74. The Labute approximate surface area is 165 Å². The largest absolute Gasteiger partial charge is 0.441 e. The predicted molar refractivity (Wildman–Crippen MR) is 103 cm³/mol. The van der Waals surface area contributed by atoms with Crippen LogP contribution in [0.5, 0.6) is 0 Å². The smallest absolute Gasteiger partial charge is 0.224 e. The Kier molecular flexibility index (Phi) is 5.10. The highest BCUT2D eigenvalue weighted by Crippen LogP contribution is 2.24. The molecular formula is C20H17FN6O2.